The Balaban J connectivity index is 2.07. The Labute approximate surface area is 147 Å². The van der Waals surface area contributed by atoms with E-state index in [0.29, 0.717) is 23.4 Å². The van der Waals surface area contributed by atoms with Crippen LogP contribution < -0.4 is 4.72 Å². The van der Waals surface area contributed by atoms with Gasteiger partial charge in [-0.25, -0.2) is 13.1 Å². The zero-order valence-corrected chi connectivity index (χ0v) is 15.0. The van der Waals surface area contributed by atoms with E-state index in [1.165, 1.54) is 12.1 Å². The monoisotopic (exact) mass is 360 g/mol. The van der Waals surface area contributed by atoms with Crippen molar-refractivity contribution < 1.29 is 13.2 Å². The molecule has 0 saturated heterocycles. The number of hydrogen-bond acceptors (Lipinski definition) is 5. The van der Waals surface area contributed by atoms with Gasteiger partial charge in [0.1, 0.15) is 0 Å². The summed E-state index contributed by atoms with van der Waals surface area (Å²) in [7, 11) is -3.85. The van der Waals surface area contributed by atoms with Crippen molar-refractivity contribution in [2.45, 2.75) is 39.0 Å². The van der Waals surface area contributed by atoms with Crippen molar-refractivity contribution in [3.05, 3.63) is 52.8 Å². The molecule has 1 N–H and O–H groups in total. The summed E-state index contributed by atoms with van der Waals surface area (Å²) in [5.41, 5.74) is 1.68. The van der Waals surface area contributed by atoms with Crippen LogP contribution in [-0.4, -0.2) is 24.1 Å². The van der Waals surface area contributed by atoms with Crippen LogP contribution in [0, 0.1) is 18.3 Å². The average molecular weight is 360 g/mol. The van der Waals surface area contributed by atoms with Gasteiger partial charge < -0.3 is 0 Å². The Morgan fingerprint density at radius 1 is 1.32 bits per heavy atom. The third-order valence-corrected chi connectivity index (χ3v) is 4.83. The smallest absolute Gasteiger partial charge is 0.268 e. The Hall–Kier alpha value is -2.66. The number of carbonyl (C=O) groups excluding carboxylic acids is 1. The molecule has 0 aliphatic rings. The number of unbranched alkanes of at least 4 members (excludes halogenated alkanes) is 1. The van der Waals surface area contributed by atoms with Gasteiger partial charge in [0.15, 0.2) is 0 Å². The highest BCUT2D eigenvalue weighted by molar-refractivity contribution is 7.89. The van der Waals surface area contributed by atoms with Gasteiger partial charge in [-0.2, -0.15) is 10.4 Å². The highest BCUT2D eigenvalue weighted by Crippen LogP contribution is 2.10. The quantitative estimate of drug-likeness (QED) is 0.814. The van der Waals surface area contributed by atoms with Crippen molar-refractivity contribution in [3.63, 3.8) is 0 Å². The molecule has 0 fully saturated rings. The molecule has 25 heavy (non-hydrogen) atoms. The van der Waals surface area contributed by atoms with Crippen LogP contribution >= 0.6 is 0 Å². The summed E-state index contributed by atoms with van der Waals surface area (Å²) >= 11 is 0. The first kappa shape index (κ1) is 18.7. The second kappa shape index (κ2) is 7.94. The number of sulfonamides is 1. The van der Waals surface area contributed by atoms with Crippen LogP contribution in [0.3, 0.4) is 0 Å². The summed E-state index contributed by atoms with van der Waals surface area (Å²) in [5, 5.41) is 13.0. The topological polar surface area (TPSA) is 105 Å². The summed E-state index contributed by atoms with van der Waals surface area (Å²) in [6, 6.07) is 8.14. The van der Waals surface area contributed by atoms with Crippen LogP contribution in [0.5, 0.6) is 0 Å². The molecule has 2 rings (SSSR count). The molecule has 7 nitrogen and oxygen atoms in total. The normalized spacial score (nSPS) is 11.1. The maximum atomic E-state index is 12.3. The van der Waals surface area contributed by atoms with Crippen LogP contribution in [0.25, 0.3) is 0 Å². The van der Waals surface area contributed by atoms with E-state index in [0.717, 1.165) is 12.8 Å². The van der Waals surface area contributed by atoms with E-state index >= 15 is 0 Å². The molecule has 0 spiro atoms. The number of nitrogens with one attached hydrogen (secondary N) is 1. The number of benzene rings is 1. The van der Waals surface area contributed by atoms with Crippen molar-refractivity contribution in [1.82, 2.24) is 14.5 Å². The van der Waals surface area contributed by atoms with Crippen molar-refractivity contribution in [2.24, 2.45) is 0 Å². The zero-order valence-electron chi connectivity index (χ0n) is 14.2. The second-order valence-electron chi connectivity index (χ2n) is 5.74. The Morgan fingerprint density at radius 2 is 2.00 bits per heavy atom. The van der Waals surface area contributed by atoms with Gasteiger partial charge in [-0.05, 0) is 31.0 Å². The van der Waals surface area contributed by atoms with Crippen LogP contribution in [-0.2, 0) is 22.3 Å². The van der Waals surface area contributed by atoms with E-state index in [4.69, 9.17) is 5.26 Å². The zero-order chi connectivity index (χ0) is 18.4. The van der Waals surface area contributed by atoms with E-state index < -0.39 is 15.9 Å². The lowest BCUT2D eigenvalue weighted by atomic mass is 10.2. The first-order valence-corrected chi connectivity index (χ1v) is 9.57. The Bertz CT molecular complexity index is 893. The minimum atomic E-state index is -3.85. The molecule has 8 heteroatoms. The lowest BCUT2D eigenvalue weighted by molar-refractivity contribution is 0.0980. The number of hydrogen-bond donors (Lipinski definition) is 1. The fourth-order valence-electron chi connectivity index (χ4n) is 2.30. The van der Waals surface area contributed by atoms with Crippen LogP contribution in [0.4, 0.5) is 0 Å². The summed E-state index contributed by atoms with van der Waals surface area (Å²) < 4.78 is 28.1. The van der Waals surface area contributed by atoms with Gasteiger partial charge in [-0.1, -0.05) is 25.5 Å². The predicted molar refractivity (Wildman–Crippen MR) is 93.1 cm³/mol. The molecule has 1 aromatic heterocycles. The highest BCUT2D eigenvalue weighted by Gasteiger charge is 2.20. The van der Waals surface area contributed by atoms with Gasteiger partial charge in [-0.3, -0.25) is 9.48 Å². The third-order valence-electron chi connectivity index (χ3n) is 3.62. The molecule has 0 unspecified atom stereocenters. The lowest BCUT2D eigenvalue weighted by Gasteiger charge is -2.06. The first-order chi connectivity index (χ1) is 11.8. The van der Waals surface area contributed by atoms with Crippen LogP contribution in [0.15, 0.2) is 30.5 Å². The Kier molecular flexibility index (Phi) is 5.93. The van der Waals surface area contributed by atoms with Gasteiger partial charge in [-0.15, -0.1) is 0 Å². The van der Waals surface area contributed by atoms with Gasteiger partial charge in [0.05, 0.1) is 28.6 Å². The van der Waals surface area contributed by atoms with Gasteiger partial charge in [0.2, 0.25) is 10.0 Å². The van der Waals surface area contributed by atoms with Crippen molar-refractivity contribution >= 4 is 15.9 Å². The molecule has 0 bridgehead atoms. The van der Waals surface area contributed by atoms with E-state index in [2.05, 4.69) is 16.7 Å². The molecule has 1 heterocycles. The summed E-state index contributed by atoms with van der Waals surface area (Å²) in [4.78, 5) is 12.3. The fourth-order valence-corrected chi connectivity index (χ4v) is 3.40. The summed E-state index contributed by atoms with van der Waals surface area (Å²) in [6.45, 7) is 4.41. The maximum Gasteiger partial charge on any atom is 0.268 e. The minimum absolute atomic E-state index is 0.250. The fraction of sp³-hybridized carbons (Fsp3) is 0.353. The molecular formula is C17H20N4O3S. The van der Waals surface area contributed by atoms with Crippen LogP contribution in [0.2, 0.25) is 0 Å². The van der Waals surface area contributed by atoms with Gasteiger partial charge in [0.25, 0.3) is 5.91 Å². The highest BCUT2D eigenvalue weighted by atomic mass is 32.2. The number of nitriles is 1. The number of aromatic nitrogens is 2. The average Bonchev–Trinajstić information content (AvgIpc) is 2.93. The van der Waals surface area contributed by atoms with Crippen molar-refractivity contribution in [3.8, 4) is 6.07 Å². The number of carbonyl (C=O) groups is 1. The molecule has 2 aromatic rings. The van der Waals surface area contributed by atoms with Crippen molar-refractivity contribution in [1.29, 1.82) is 5.26 Å². The second-order valence-corrected chi connectivity index (χ2v) is 7.47. The third kappa shape index (κ3) is 5.16. The lowest BCUT2D eigenvalue weighted by Crippen LogP contribution is -2.31. The molecule has 0 aliphatic carbocycles. The molecule has 1 aromatic carbocycles. The number of nitrogens with zero attached hydrogens (tertiary/aromatic N) is 3. The van der Waals surface area contributed by atoms with E-state index in [1.807, 2.05) is 6.07 Å². The van der Waals surface area contributed by atoms with Gasteiger partial charge >= 0.3 is 0 Å². The van der Waals surface area contributed by atoms with Gasteiger partial charge in [0, 0.05) is 12.7 Å². The summed E-state index contributed by atoms with van der Waals surface area (Å²) in [6.07, 6.45) is 3.50. The largest absolute Gasteiger partial charge is 0.272 e. The molecule has 1 amide bonds. The molecular weight excluding hydrogens is 340 g/mol. The Morgan fingerprint density at radius 3 is 2.60 bits per heavy atom. The first-order valence-electron chi connectivity index (χ1n) is 7.92. The van der Waals surface area contributed by atoms with E-state index in [1.54, 1.807) is 29.9 Å². The standard InChI is InChI=1S/C17H20N4O3S/c1-3-4-9-21-11-16(13(2)19-21)17(22)20-25(23,24)12-15-7-5-14(10-18)6-8-15/h5-8,11H,3-4,9,12H2,1-2H3,(H,20,22). The number of rotatable bonds is 7. The number of aryl methyl sites for hydroxylation is 2. The summed E-state index contributed by atoms with van der Waals surface area (Å²) in [5.74, 6) is -1.03. The SMILES string of the molecule is CCCCn1cc(C(=O)NS(=O)(=O)Cc2ccc(C#N)cc2)c(C)n1. The van der Waals surface area contributed by atoms with E-state index in [-0.39, 0.29) is 11.3 Å². The van der Waals surface area contributed by atoms with Crippen molar-refractivity contribution in [2.75, 3.05) is 0 Å². The van der Waals surface area contributed by atoms with E-state index in [9.17, 15) is 13.2 Å². The van der Waals surface area contributed by atoms with Crippen LogP contribution in [0.1, 0.15) is 46.9 Å². The number of amides is 1. The molecule has 0 saturated carbocycles. The maximum absolute atomic E-state index is 12.3. The molecule has 0 radical (unpaired) electrons. The molecule has 132 valence electrons. The predicted octanol–water partition coefficient (Wildman–Crippen LogP) is 2.12. The minimum Gasteiger partial charge on any atom is -0.272 e. The molecule has 0 atom stereocenters. The molecule has 0 aliphatic heterocycles.